The molecule has 1 aliphatic heterocycles. The van der Waals surface area contributed by atoms with E-state index in [0.29, 0.717) is 28.1 Å². The summed E-state index contributed by atoms with van der Waals surface area (Å²) in [4.78, 5) is 18.1. The molecule has 9 nitrogen and oxygen atoms in total. The van der Waals surface area contributed by atoms with Gasteiger partial charge in [0.25, 0.3) is 5.91 Å². The minimum absolute atomic E-state index is 0.215. The molecule has 1 aliphatic rings. The monoisotopic (exact) mass is 449 g/mol. The lowest BCUT2D eigenvalue weighted by atomic mass is 9.97. The summed E-state index contributed by atoms with van der Waals surface area (Å²) in [6.07, 6.45) is 2.22. The van der Waals surface area contributed by atoms with Gasteiger partial charge in [0.15, 0.2) is 0 Å². The molecule has 0 radical (unpaired) electrons. The van der Waals surface area contributed by atoms with Crippen LogP contribution in [-0.2, 0) is 0 Å². The molecule has 1 aromatic carbocycles. The first-order valence-electron chi connectivity index (χ1n) is 9.75. The number of amides is 1. The van der Waals surface area contributed by atoms with E-state index in [1.54, 1.807) is 6.92 Å². The smallest absolute Gasteiger partial charge is 0.273 e. The normalized spacial score (nSPS) is 16.7. The van der Waals surface area contributed by atoms with Gasteiger partial charge in [-0.05, 0) is 43.2 Å². The summed E-state index contributed by atoms with van der Waals surface area (Å²) < 4.78 is 0. The Bertz CT molecular complexity index is 1050. The zero-order valence-electron chi connectivity index (χ0n) is 16.5. The van der Waals surface area contributed by atoms with Crippen molar-refractivity contribution in [2.45, 2.75) is 19.8 Å². The predicted molar refractivity (Wildman–Crippen MR) is 116 cm³/mol. The number of nitrogens with one attached hydrogen (secondary N) is 3. The number of halogens is 2. The summed E-state index contributed by atoms with van der Waals surface area (Å²) in [6, 6.07) is 5.67. The molecule has 11 heteroatoms. The number of benzene rings is 1. The molecule has 0 bridgehead atoms. The van der Waals surface area contributed by atoms with Gasteiger partial charge in [0.2, 0.25) is 5.82 Å². The summed E-state index contributed by atoms with van der Waals surface area (Å²) in [7, 11) is 0. The van der Waals surface area contributed by atoms with Crippen LogP contribution in [0.25, 0.3) is 11.4 Å². The number of H-pyrrole nitrogens is 2. The van der Waals surface area contributed by atoms with Crippen LogP contribution in [0.2, 0.25) is 10.0 Å². The Kier molecular flexibility index (Phi) is 5.94. The van der Waals surface area contributed by atoms with E-state index in [0.717, 1.165) is 43.7 Å². The molecule has 158 valence electrons. The zero-order valence-corrected chi connectivity index (χ0v) is 18.0. The number of anilines is 2. The average Bonchev–Trinajstić information content (AvgIpc) is 3.39. The third-order valence-corrected chi connectivity index (χ3v) is 6.35. The van der Waals surface area contributed by atoms with Crippen LogP contribution in [0.3, 0.4) is 0 Å². The van der Waals surface area contributed by atoms with Gasteiger partial charge in [-0.2, -0.15) is 5.21 Å². The molecule has 30 heavy (non-hydrogen) atoms. The number of aromatic nitrogens is 5. The Hall–Kier alpha value is -2.62. The van der Waals surface area contributed by atoms with Gasteiger partial charge in [-0.25, -0.2) is 0 Å². The number of aryl methyl sites for hydroxylation is 1. The highest BCUT2D eigenvalue weighted by atomic mass is 35.5. The standard InChI is InChI=1S/C19H22Cl2N8O/c1-10-15(20)16(21)17(23-10)19(30)24-13-5-4-12(18-25-27-28-26-18)7-14(13)29-6-2-3-11(8-22)9-29/h4-5,7,11,23H,2-3,6,8-9,22H2,1H3,(H,24,30)(H,25,26,27,28)/p+1. The molecule has 2 aromatic heterocycles. The van der Waals surface area contributed by atoms with Crippen LogP contribution in [0.1, 0.15) is 29.0 Å². The van der Waals surface area contributed by atoms with E-state index in [1.165, 1.54) is 0 Å². The quantitative estimate of drug-likeness (QED) is 0.475. The van der Waals surface area contributed by atoms with Gasteiger partial charge in [0.05, 0.1) is 28.0 Å². The van der Waals surface area contributed by atoms with Crippen LogP contribution in [-0.4, -0.2) is 51.1 Å². The molecule has 3 aromatic rings. The van der Waals surface area contributed by atoms with Crippen molar-refractivity contribution in [2.75, 3.05) is 29.9 Å². The molecule has 0 aliphatic carbocycles. The summed E-state index contributed by atoms with van der Waals surface area (Å²) in [5.74, 6) is 0.652. The summed E-state index contributed by atoms with van der Waals surface area (Å²) in [5, 5.41) is 17.8. The zero-order chi connectivity index (χ0) is 21.3. The second-order valence-electron chi connectivity index (χ2n) is 7.42. The number of piperidine rings is 1. The number of hydrogen-bond acceptors (Lipinski definition) is 5. The summed E-state index contributed by atoms with van der Waals surface area (Å²) in [5.41, 5.74) is 7.34. The van der Waals surface area contributed by atoms with Gasteiger partial charge in [-0.15, -0.1) is 10.2 Å². The van der Waals surface area contributed by atoms with Gasteiger partial charge in [0.1, 0.15) is 5.69 Å². The maximum Gasteiger partial charge on any atom is 0.273 e. The molecule has 1 amide bonds. The third-order valence-electron chi connectivity index (χ3n) is 5.40. The molecular formula is C19H23Cl2N8O+. The summed E-state index contributed by atoms with van der Waals surface area (Å²) >= 11 is 12.4. The maximum atomic E-state index is 12.9. The van der Waals surface area contributed by atoms with Crippen molar-refractivity contribution in [3.05, 3.63) is 39.6 Å². The van der Waals surface area contributed by atoms with E-state index in [4.69, 9.17) is 23.2 Å². The Balaban J connectivity index is 1.69. The SMILES string of the molecule is Cc1[nH]c(C(=O)Nc2ccc(-c3nn[nH]n3)cc2N2CCCC(C[NH3+])C2)c(Cl)c1Cl. The fraction of sp³-hybridized carbons (Fsp3) is 0.368. The van der Waals surface area contributed by atoms with E-state index < -0.39 is 0 Å². The summed E-state index contributed by atoms with van der Waals surface area (Å²) in [6.45, 7) is 4.40. The molecule has 1 atom stereocenters. The largest absolute Gasteiger partial charge is 0.369 e. The van der Waals surface area contributed by atoms with Crippen LogP contribution in [0.5, 0.6) is 0 Å². The van der Waals surface area contributed by atoms with E-state index in [-0.39, 0.29) is 16.6 Å². The number of tetrazole rings is 1. The first-order valence-corrected chi connectivity index (χ1v) is 10.5. The topological polar surface area (TPSA) is 130 Å². The lowest BCUT2D eigenvalue weighted by Crippen LogP contribution is -2.56. The number of quaternary nitrogens is 1. The molecule has 3 heterocycles. The Morgan fingerprint density at radius 2 is 2.20 bits per heavy atom. The van der Waals surface area contributed by atoms with Gasteiger partial charge < -0.3 is 20.9 Å². The van der Waals surface area contributed by atoms with Crippen molar-refractivity contribution in [3.8, 4) is 11.4 Å². The maximum absolute atomic E-state index is 12.9. The second kappa shape index (κ2) is 8.63. The molecule has 4 rings (SSSR count). The minimum atomic E-state index is -0.353. The van der Waals surface area contributed by atoms with Crippen molar-refractivity contribution in [3.63, 3.8) is 0 Å². The van der Waals surface area contributed by atoms with Gasteiger partial charge in [-0.1, -0.05) is 23.2 Å². The molecular weight excluding hydrogens is 427 g/mol. The van der Waals surface area contributed by atoms with Crippen LogP contribution in [0.15, 0.2) is 18.2 Å². The number of rotatable bonds is 5. The molecule has 1 fully saturated rings. The minimum Gasteiger partial charge on any atom is -0.369 e. The van der Waals surface area contributed by atoms with Crippen molar-refractivity contribution in [1.82, 2.24) is 25.6 Å². The van der Waals surface area contributed by atoms with Crippen molar-refractivity contribution in [2.24, 2.45) is 5.92 Å². The van der Waals surface area contributed by atoms with Crippen molar-refractivity contribution in [1.29, 1.82) is 0 Å². The predicted octanol–water partition coefficient (Wildman–Crippen LogP) is 2.52. The first kappa shape index (κ1) is 20.6. The third kappa shape index (κ3) is 4.00. The highest BCUT2D eigenvalue weighted by Crippen LogP contribution is 2.35. The van der Waals surface area contributed by atoms with Crippen LogP contribution in [0, 0.1) is 12.8 Å². The fourth-order valence-electron chi connectivity index (χ4n) is 3.75. The molecule has 1 saturated heterocycles. The number of nitrogens with zero attached hydrogens (tertiary/aromatic N) is 4. The first-order chi connectivity index (χ1) is 14.5. The fourth-order valence-corrected chi connectivity index (χ4v) is 4.17. The lowest BCUT2D eigenvalue weighted by molar-refractivity contribution is -0.379. The average molecular weight is 450 g/mol. The number of aromatic amines is 2. The highest BCUT2D eigenvalue weighted by molar-refractivity contribution is 6.44. The highest BCUT2D eigenvalue weighted by Gasteiger charge is 2.25. The van der Waals surface area contributed by atoms with Crippen LogP contribution in [0.4, 0.5) is 11.4 Å². The Labute approximate surface area is 183 Å². The van der Waals surface area contributed by atoms with E-state index in [2.05, 4.69) is 41.6 Å². The van der Waals surface area contributed by atoms with Crippen molar-refractivity contribution >= 4 is 40.5 Å². The Morgan fingerprint density at radius 3 is 2.87 bits per heavy atom. The second-order valence-corrected chi connectivity index (χ2v) is 8.17. The molecule has 0 saturated carbocycles. The number of carbonyl (C=O) groups is 1. The number of hydrogen-bond donors (Lipinski definition) is 4. The van der Waals surface area contributed by atoms with Crippen molar-refractivity contribution < 1.29 is 10.5 Å². The number of carbonyl (C=O) groups excluding carboxylic acids is 1. The van der Waals surface area contributed by atoms with Gasteiger partial charge in [-0.3, -0.25) is 4.79 Å². The van der Waals surface area contributed by atoms with E-state index >= 15 is 0 Å². The van der Waals surface area contributed by atoms with E-state index in [1.807, 2.05) is 18.2 Å². The van der Waals surface area contributed by atoms with Gasteiger partial charge in [0, 0.05) is 30.3 Å². The molecule has 0 spiro atoms. The lowest BCUT2D eigenvalue weighted by Gasteiger charge is -2.34. The molecule has 1 unspecified atom stereocenters. The Morgan fingerprint density at radius 1 is 1.37 bits per heavy atom. The molecule has 6 N–H and O–H groups in total. The van der Waals surface area contributed by atoms with Gasteiger partial charge >= 0.3 is 0 Å². The van der Waals surface area contributed by atoms with E-state index in [9.17, 15) is 4.79 Å². The van der Waals surface area contributed by atoms with Crippen LogP contribution < -0.4 is 16.0 Å². The van der Waals surface area contributed by atoms with Crippen LogP contribution >= 0.6 is 23.2 Å².